The van der Waals surface area contributed by atoms with Gasteiger partial charge < -0.3 is 14.6 Å². The summed E-state index contributed by atoms with van der Waals surface area (Å²) in [5.41, 5.74) is 2.22. The molecule has 1 N–H and O–H groups in total. The fraction of sp³-hybridized carbons (Fsp3) is 0.348. The Bertz CT molecular complexity index is 1090. The molecular formula is C23H24FN3O3S. The van der Waals surface area contributed by atoms with Crippen LogP contribution in [0.25, 0.3) is 11.0 Å². The van der Waals surface area contributed by atoms with Crippen molar-refractivity contribution in [2.75, 3.05) is 18.8 Å². The van der Waals surface area contributed by atoms with E-state index in [0.29, 0.717) is 35.1 Å². The maximum Gasteiger partial charge on any atom is 0.323 e. The fourth-order valence-corrected chi connectivity index (χ4v) is 5.06. The monoisotopic (exact) mass is 441 g/mol. The molecular weight excluding hydrogens is 417 g/mol. The number of thioether (sulfide) groups is 1. The van der Waals surface area contributed by atoms with Crippen LogP contribution in [0.15, 0.2) is 53.7 Å². The number of hydrogen-bond acceptors (Lipinski definition) is 4. The van der Waals surface area contributed by atoms with E-state index in [4.69, 9.17) is 0 Å². The normalized spacial score (nSPS) is 16.2. The van der Waals surface area contributed by atoms with Crippen molar-refractivity contribution in [3.8, 4) is 0 Å². The van der Waals surface area contributed by atoms with Gasteiger partial charge in [-0.1, -0.05) is 42.1 Å². The van der Waals surface area contributed by atoms with Gasteiger partial charge in [0.05, 0.1) is 11.0 Å². The van der Waals surface area contributed by atoms with E-state index in [-0.39, 0.29) is 12.5 Å². The molecule has 4 rings (SSSR count). The average molecular weight is 442 g/mol. The number of carbonyl (C=O) groups excluding carboxylic acids is 1. The smallest absolute Gasteiger partial charge is 0.323 e. The molecule has 1 aliphatic heterocycles. The fourth-order valence-electron chi connectivity index (χ4n) is 3.92. The van der Waals surface area contributed by atoms with Crippen molar-refractivity contribution >= 4 is 34.7 Å². The lowest BCUT2D eigenvalue weighted by molar-refractivity contribution is -0.137. The minimum absolute atomic E-state index is 0.171. The first kappa shape index (κ1) is 21.4. The number of rotatable bonds is 8. The van der Waals surface area contributed by atoms with Crippen LogP contribution < -0.4 is 0 Å². The Morgan fingerprint density at radius 3 is 2.77 bits per heavy atom. The summed E-state index contributed by atoms with van der Waals surface area (Å²) in [4.78, 5) is 30.2. The van der Waals surface area contributed by atoms with Crippen molar-refractivity contribution in [1.82, 2.24) is 14.5 Å². The largest absolute Gasteiger partial charge is 0.480 e. The van der Waals surface area contributed by atoms with Crippen LogP contribution in [0.4, 0.5) is 4.39 Å². The second kappa shape index (κ2) is 9.51. The Balaban J connectivity index is 1.35. The van der Waals surface area contributed by atoms with Crippen LogP contribution in [0.2, 0.25) is 0 Å². The number of carboxylic acid groups (broad SMARTS) is 1. The molecule has 6 nitrogen and oxygen atoms in total. The number of fused-ring (bicyclic) bond motifs is 1. The lowest BCUT2D eigenvalue weighted by Gasteiger charge is -2.16. The van der Waals surface area contributed by atoms with E-state index in [1.165, 1.54) is 23.9 Å². The molecule has 1 unspecified atom stereocenters. The minimum Gasteiger partial charge on any atom is -0.480 e. The standard InChI is InChI=1S/C23H24FN3O3S/c24-18-7-8-20-19(12-18)25-23(27(20)14-22(29)30)31-15-17-10-11-26(13-17)21(28)9-6-16-4-2-1-3-5-16/h1-5,7-8,12,17H,6,9-11,13-15H2,(H,29,30). The van der Waals surface area contributed by atoms with Gasteiger partial charge in [-0.2, -0.15) is 0 Å². The molecule has 0 spiro atoms. The molecule has 1 saturated heterocycles. The molecule has 1 aromatic heterocycles. The lowest BCUT2D eigenvalue weighted by atomic mass is 10.1. The van der Waals surface area contributed by atoms with Crippen LogP contribution in [0.3, 0.4) is 0 Å². The molecule has 0 saturated carbocycles. The van der Waals surface area contributed by atoms with Crippen molar-refractivity contribution in [1.29, 1.82) is 0 Å². The molecule has 0 aliphatic carbocycles. The number of likely N-dealkylation sites (tertiary alicyclic amines) is 1. The summed E-state index contributed by atoms with van der Waals surface area (Å²) >= 11 is 1.47. The van der Waals surface area contributed by atoms with Gasteiger partial charge in [0, 0.05) is 31.3 Å². The number of imidazole rings is 1. The molecule has 2 heterocycles. The topological polar surface area (TPSA) is 75.4 Å². The number of aromatic nitrogens is 2. The molecule has 8 heteroatoms. The zero-order valence-electron chi connectivity index (χ0n) is 17.0. The van der Waals surface area contributed by atoms with Gasteiger partial charge in [-0.25, -0.2) is 9.37 Å². The molecule has 0 radical (unpaired) electrons. The van der Waals surface area contributed by atoms with Gasteiger partial charge in [0.15, 0.2) is 5.16 Å². The number of hydrogen-bond donors (Lipinski definition) is 1. The molecule has 1 amide bonds. The number of aliphatic carboxylic acids is 1. The highest BCUT2D eigenvalue weighted by Crippen LogP contribution is 2.29. The van der Waals surface area contributed by atoms with E-state index in [2.05, 4.69) is 4.98 Å². The molecule has 31 heavy (non-hydrogen) atoms. The predicted octanol–water partition coefficient (Wildman–Crippen LogP) is 3.83. The van der Waals surface area contributed by atoms with E-state index >= 15 is 0 Å². The molecule has 3 aromatic rings. The van der Waals surface area contributed by atoms with Gasteiger partial charge >= 0.3 is 5.97 Å². The van der Waals surface area contributed by atoms with Crippen LogP contribution in [0, 0.1) is 11.7 Å². The van der Waals surface area contributed by atoms with Gasteiger partial charge in [0.2, 0.25) is 5.91 Å². The first-order valence-electron chi connectivity index (χ1n) is 10.3. The van der Waals surface area contributed by atoms with Crippen LogP contribution in [-0.4, -0.2) is 50.3 Å². The highest BCUT2D eigenvalue weighted by molar-refractivity contribution is 7.99. The summed E-state index contributed by atoms with van der Waals surface area (Å²) in [5, 5.41) is 9.82. The lowest BCUT2D eigenvalue weighted by Crippen LogP contribution is -2.29. The third-order valence-electron chi connectivity index (χ3n) is 5.53. The van der Waals surface area contributed by atoms with Crippen LogP contribution >= 0.6 is 11.8 Å². The zero-order chi connectivity index (χ0) is 21.8. The Labute approximate surface area is 184 Å². The van der Waals surface area contributed by atoms with Gasteiger partial charge in [-0.05, 0) is 36.5 Å². The number of halogens is 1. The second-order valence-corrected chi connectivity index (χ2v) is 8.79. The number of carboxylic acids is 1. The average Bonchev–Trinajstić information content (AvgIpc) is 3.35. The summed E-state index contributed by atoms with van der Waals surface area (Å²) < 4.78 is 15.2. The van der Waals surface area contributed by atoms with E-state index < -0.39 is 11.8 Å². The van der Waals surface area contributed by atoms with E-state index in [9.17, 15) is 19.1 Å². The minimum atomic E-state index is -0.971. The summed E-state index contributed by atoms with van der Waals surface area (Å²) in [6, 6.07) is 14.2. The van der Waals surface area contributed by atoms with Crippen molar-refractivity contribution < 1.29 is 19.1 Å². The van der Waals surface area contributed by atoms with E-state index in [0.717, 1.165) is 30.7 Å². The third-order valence-corrected chi connectivity index (χ3v) is 6.73. The summed E-state index contributed by atoms with van der Waals surface area (Å²) in [6.45, 7) is 1.23. The highest BCUT2D eigenvalue weighted by Gasteiger charge is 2.27. The summed E-state index contributed by atoms with van der Waals surface area (Å²) in [7, 11) is 0. The molecule has 162 valence electrons. The Morgan fingerprint density at radius 1 is 1.19 bits per heavy atom. The van der Waals surface area contributed by atoms with Gasteiger partial charge in [0.25, 0.3) is 0 Å². The Kier molecular flexibility index (Phi) is 6.56. The van der Waals surface area contributed by atoms with Gasteiger partial charge in [-0.15, -0.1) is 0 Å². The van der Waals surface area contributed by atoms with Crippen LogP contribution in [0.1, 0.15) is 18.4 Å². The van der Waals surface area contributed by atoms with Crippen LogP contribution in [-0.2, 0) is 22.6 Å². The van der Waals surface area contributed by atoms with Crippen LogP contribution in [0.5, 0.6) is 0 Å². The zero-order valence-corrected chi connectivity index (χ0v) is 17.9. The SMILES string of the molecule is O=C(O)Cn1c(SCC2CCN(C(=O)CCc3ccccc3)C2)nc2cc(F)ccc21. The maximum atomic E-state index is 13.6. The van der Waals surface area contributed by atoms with Gasteiger partial charge in [-0.3, -0.25) is 9.59 Å². The number of amides is 1. The van der Waals surface area contributed by atoms with Crippen molar-refractivity contribution in [3.05, 3.63) is 59.9 Å². The summed E-state index contributed by atoms with van der Waals surface area (Å²) in [6.07, 6.45) is 2.16. The molecule has 1 atom stereocenters. The van der Waals surface area contributed by atoms with Gasteiger partial charge in [0.1, 0.15) is 12.4 Å². The molecule has 1 aliphatic rings. The number of carbonyl (C=O) groups is 2. The maximum absolute atomic E-state index is 13.6. The Hall–Kier alpha value is -2.87. The first-order valence-corrected chi connectivity index (χ1v) is 11.3. The summed E-state index contributed by atoms with van der Waals surface area (Å²) in [5.74, 6) is -0.148. The van der Waals surface area contributed by atoms with Crippen molar-refractivity contribution in [2.24, 2.45) is 5.92 Å². The number of benzene rings is 2. The first-order chi connectivity index (χ1) is 15.0. The third kappa shape index (κ3) is 5.25. The van der Waals surface area contributed by atoms with Crippen molar-refractivity contribution in [3.63, 3.8) is 0 Å². The number of nitrogens with zero attached hydrogens (tertiary/aromatic N) is 3. The highest BCUT2D eigenvalue weighted by atomic mass is 32.2. The van der Waals surface area contributed by atoms with E-state index in [1.807, 2.05) is 35.2 Å². The number of aryl methyl sites for hydroxylation is 1. The molecule has 2 aromatic carbocycles. The quantitative estimate of drug-likeness (QED) is 0.538. The Morgan fingerprint density at radius 2 is 2.00 bits per heavy atom. The van der Waals surface area contributed by atoms with Crippen molar-refractivity contribution in [2.45, 2.75) is 31.0 Å². The van der Waals surface area contributed by atoms with E-state index in [1.54, 1.807) is 10.6 Å². The molecule has 1 fully saturated rings. The predicted molar refractivity (Wildman–Crippen MR) is 118 cm³/mol. The molecule has 0 bridgehead atoms. The second-order valence-electron chi connectivity index (χ2n) is 7.80.